The summed E-state index contributed by atoms with van der Waals surface area (Å²) in [6.07, 6.45) is -0.159. The van der Waals surface area contributed by atoms with Gasteiger partial charge in [0.2, 0.25) is 17.4 Å². The summed E-state index contributed by atoms with van der Waals surface area (Å²) in [6.45, 7) is 2.97. The van der Waals surface area contributed by atoms with Crippen molar-refractivity contribution < 1.29 is 28.3 Å². The zero-order valence-corrected chi connectivity index (χ0v) is 19.5. The minimum atomic E-state index is -1.48. The highest BCUT2D eigenvalue weighted by Crippen LogP contribution is 2.46. The van der Waals surface area contributed by atoms with Crippen molar-refractivity contribution in [2.75, 3.05) is 18.4 Å². The molecule has 3 N–H and O–H groups in total. The van der Waals surface area contributed by atoms with E-state index in [9.17, 15) is 23.6 Å². The fraction of sp³-hybridized carbons (Fsp3) is 0.360. The maximum absolute atomic E-state index is 13.4. The van der Waals surface area contributed by atoms with E-state index in [4.69, 9.17) is 10.5 Å². The van der Waals surface area contributed by atoms with Gasteiger partial charge in [-0.3, -0.25) is 14.4 Å². The Bertz CT molecular complexity index is 1180. The molecule has 4 rings (SSSR count). The third kappa shape index (κ3) is 4.61. The maximum atomic E-state index is 13.4. The number of benzene rings is 2. The van der Waals surface area contributed by atoms with Crippen molar-refractivity contribution in [3.63, 3.8) is 0 Å². The van der Waals surface area contributed by atoms with Crippen LogP contribution in [0, 0.1) is 5.82 Å². The van der Waals surface area contributed by atoms with Crippen LogP contribution in [-0.2, 0) is 37.7 Å². The predicted octanol–water partition coefficient (Wildman–Crippen LogP) is 2.28. The number of rotatable bonds is 7. The Balaban J connectivity index is 1.54. The van der Waals surface area contributed by atoms with Crippen LogP contribution in [0.15, 0.2) is 42.5 Å². The van der Waals surface area contributed by atoms with E-state index in [1.807, 2.05) is 0 Å². The molecule has 0 bridgehead atoms. The van der Waals surface area contributed by atoms with Crippen molar-refractivity contribution in [2.24, 2.45) is 5.73 Å². The maximum Gasteiger partial charge on any atom is 0.418 e. The molecule has 1 aliphatic carbocycles. The van der Waals surface area contributed by atoms with E-state index >= 15 is 0 Å². The molecule has 1 aliphatic heterocycles. The smallest absolute Gasteiger partial charge is 0.418 e. The number of nitrogens with one attached hydrogen (secondary N) is 1. The second-order valence-electron chi connectivity index (χ2n) is 8.87. The Morgan fingerprint density at radius 3 is 2.60 bits per heavy atom. The number of hydrogen-bond acceptors (Lipinski definition) is 6. The van der Waals surface area contributed by atoms with E-state index in [1.54, 1.807) is 37.3 Å². The van der Waals surface area contributed by atoms with Gasteiger partial charge in [-0.25, -0.2) is 14.1 Å². The first kappa shape index (κ1) is 24.3. The Hall–Kier alpha value is -3.79. The molecule has 2 aliphatic rings. The van der Waals surface area contributed by atoms with Crippen LogP contribution in [0.1, 0.15) is 37.0 Å². The van der Waals surface area contributed by atoms with E-state index in [2.05, 4.69) is 5.32 Å². The minimum Gasteiger partial charge on any atom is -0.427 e. The fourth-order valence-electron chi connectivity index (χ4n) is 4.56. The SMILES string of the molecule is CC(=O)Nc1ccc2c(c1)CC[C@@]21OC(=O)N(CC(=O)N(Cc2ccc(F)cc2)[C@@H](C)CN)C1=O. The molecule has 9 nitrogen and oxygen atoms in total. The van der Waals surface area contributed by atoms with Crippen LogP contribution in [0.5, 0.6) is 0 Å². The van der Waals surface area contributed by atoms with E-state index in [0.717, 1.165) is 10.5 Å². The van der Waals surface area contributed by atoms with Gasteiger partial charge in [0, 0.05) is 43.7 Å². The molecule has 0 saturated carbocycles. The van der Waals surface area contributed by atoms with Gasteiger partial charge in [0.1, 0.15) is 12.4 Å². The van der Waals surface area contributed by atoms with Gasteiger partial charge >= 0.3 is 6.09 Å². The molecule has 1 spiro atoms. The zero-order chi connectivity index (χ0) is 25.3. The van der Waals surface area contributed by atoms with Crippen LogP contribution >= 0.6 is 0 Å². The molecule has 2 aromatic rings. The Morgan fingerprint density at radius 1 is 1.23 bits per heavy atom. The lowest BCUT2D eigenvalue weighted by atomic mass is 9.94. The second-order valence-corrected chi connectivity index (χ2v) is 8.87. The summed E-state index contributed by atoms with van der Waals surface area (Å²) in [5, 5.41) is 2.70. The quantitative estimate of drug-likeness (QED) is 0.624. The largest absolute Gasteiger partial charge is 0.427 e. The van der Waals surface area contributed by atoms with Crippen molar-refractivity contribution >= 4 is 29.5 Å². The molecule has 1 saturated heterocycles. The summed E-state index contributed by atoms with van der Waals surface area (Å²) in [4.78, 5) is 53.0. The molecule has 1 heterocycles. The summed E-state index contributed by atoms with van der Waals surface area (Å²) < 4.78 is 18.9. The normalized spacial score (nSPS) is 19.5. The highest BCUT2D eigenvalue weighted by molar-refractivity contribution is 6.06. The number of fused-ring (bicyclic) bond motifs is 2. The average Bonchev–Trinajstić information content (AvgIpc) is 3.29. The number of anilines is 1. The number of carbonyl (C=O) groups is 4. The predicted molar refractivity (Wildman–Crippen MR) is 124 cm³/mol. The molecule has 2 atom stereocenters. The lowest BCUT2D eigenvalue weighted by Gasteiger charge is -2.29. The Morgan fingerprint density at radius 2 is 1.94 bits per heavy atom. The third-order valence-corrected chi connectivity index (χ3v) is 6.43. The van der Waals surface area contributed by atoms with Gasteiger partial charge in [-0.05, 0) is 48.7 Å². The van der Waals surface area contributed by atoms with E-state index in [-0.39, 0.29) is 31.5 Å². The van der Waals surface area contributed by atoms with Crippen LogP contribution in [0.4, 0.5) is 14.9 Å². The molecular formula is C25H27FN4O5. The van der Waals surface area contributed by atoms with Crippen LogP contribution in [0.2, 0.25) is 0 Å². The van der Waals surface area contributed by atoms with E-state index in [0.29, 0.717) is 23.2 Å². The molecule has 0 radical (unpaired) electrons. The number of carbonyl (C=O) groups excluding carboxylic acids is 4. The number of aryl methyl sites for hydroxylation is 1. The lowest BCUT2D eigenvalue weighted by molar-refractivity contribution is -0.142. The highest BCUT2D eigenvalue weighted by Gasteiger charge is 2.58. The second kappa shape index (κ2) is 9.46. The van der Waals surface area contributed by atoms with Crippen LogP contribution in [0.3, 0.4) is 0 Å². The molecular weight excluding hydrogens is 455 g/mol. The van der Waals surface area contributed by atoms with Crippen LogP contribution in [0.25, 0.3) is 0 Å². The fourth-order valence-corrected chi connectivity index (χ4v) is 4.56. The molecule has 35 heavy (non-hydrogen) atoms. The topological polar surface area (TPSA) is 122 Å². The summed E-state index contributed by atoms with van der Waals surface area (Å²) in [6, 6.07) is 10.4. The number of nitrogens with zero attached hydrogens (tertiary/aromatic N) is 2. The van der Waals surface area contributed by atoms with Gasteiger partial charge in [-0.1, -0.05) is 18.2 Å². The number of halogens is 1. The monoisotopic (exact) mass is 482 g/mol. The van der Waals surface area contributed by atoms with Crippen molar-refractivity contribution in [1.82, 2.24) is 9.80 Å². The first-order valence-corrected chi connectivity index (χ1v) is 11.3. The van der Waals surface area contributed by atoms with E-state index in [1.165, 1.54) is 24.0 Å². The number of imide groups is 1. The molecule has 1 fully saturated rings. The summed E-state index contributed by atoms with van der Waals surface area (Å²) in [7, 11) is 0. The van der Waals surface area contributed by atoms with Gasteiger partial charge in [-0.15, -0.1) is 0 Å². The molecule has 2 aromatic carbocycles. The highest BCUT2D eigenvalue weighted by atomic mass is 19.1. The first-order valence-electron chi connectivity index (χ1n) is 11.3. The van der Waals surface area contributed by atoms with Crippen molar-refractivity contribution in [3.8, 4) is 0 Å². The third-order valence-electron chi connectivity index (χ3n) is 6.43. The standard InChI is InChI=1S/C25H27FN4O5/c1-15(12-27)29(13-17-3-5-19(26)6-4-17)22(32)14-30-23(33)25(35-24(30)34)10-9-18-11-20(28-16(2)31)7-8-21(18)25/h3-8,11,15H,9-10,12-14,27H2,1-2H3,(H,28,31)/t15-,25+/m0/s1. The van der Waals surface area contributed by atoms with Gasteiger partial charge < -0.3 is 20.7 Å². The molecule has 0 unspecified atom stereocenters. The van der Waals surface area contributed by atoms with Crippen molar-refractivity contribution in [2.45, 2.75) is 44.9 Å². The number of nitrogens with two attached hydrogens (primary N) is 1. The lowest BCUT2D eigenvalue weighted by Crippen LogP contribution is -2.48. The number of amides is 4. The molecule has 4 amide bonds. The Kier molecular flexibility index (Phi) is 6.58. The zero-order valence-electron chi connectivity index (χ0n) is 19.5. The van der Waals surface area contributed by atoms with Gasteiger partial charge in [0.25, 0.3) is 5.91 Å². The van der Waals surface area contributed by atoms with Crippen molar-refractivity contribution in [3.05, 3.63) is 65.0 Å². The summed E-state index contributed by atoms with van der Waals surface area (Å²) in [5.41, 5.74) is 6.93. The van der Waals surface area contributed by atoms with Crippen LogP contribution in [-0.4, -0.2) is 52.7 Å². The van der Waals surface area contributed by atoms with Crippen LogP contribution < -0.4 is 11.1 Å². The van der Waals surface area contributed by atoms with Gasteiger partial charge in [0.05, 0.1) is 0 Å². The number of hydrogen-bond donors (Lipinski definition) is 2. The first-order chi connectivity index (χ1) is 16.6. The average molecular weight is 483 g/mol. The number of ether oxygens (including phenoxy) is 1. The summed E-state index contributed by atoms with van der Waals surface area (Å²) in [5.74, 6) is -1.68. The van der Waals surface area contributed by atoms with Gasteiger partial charge in [-0.2, -0.15) is 0 Å². The van der Waals surface area contributed by atoms with E-state index < -0.39 is 35.9 Å². The minimum absolute atomic E-state index is 0.147. The van der Waals surface area contributed by atoms with Crippen molar-refractivity contribution in [1.29, 1.82) is 0 Å². The summed E-state index contributed by atoms with van der Waals surface area (Å²) >= 11 is 0. The molecule has 0 aromatic heterocycles. The van der Waals surface area contributed by atoms with Gasteiger partial charge in [0.15, 0.2) is 0 Å². The Labute approximate surface area is 202 Å². The molecule has 10 heteroatoms. The molecule has 184 valence electrons.